The maximum absolute atomic E-state index is 12.6. The number of anilines is 1. The summed E-state index contributed by atoms with van der Waals surface area (Å²) in [6, 6.07) is 11.2. The van der Waals surface area contributed by atoms with Gasteiger partial charge in [-0.1, -0.05) is 37.7 Å². The highest BCUT2D eigenvalue weighted by atomic mass is 32.2. The average molecular weight is 398 g/mol. The van der Waals surface area contributed by atoms with Crippen LogP contribution in [0.4, 0.5) is 5.69 Å². The fraction of sp³-hybridized carbons (Fsp3) is 0.400. The average Bonchev–Trinajstić information content (AvgIpc) is 2.63. The van der Waals surface area contributed by atoms with E-state index in [0.29, 0.717) is 23.1 Å². The molecule has 0 bridgehead atoms. The largest absolute Gasteiger partial charge is 0.492 e. The van der Waals surface area contributed by atoms with Crippen molar-refractivity contribution in [2.24, 2.45) is 11.3 Å². The molecule has 8 heteroatoms. The number of allylic oxidation sites excluding steroid dienone is 1. The number of thioether (sulfide) groups is 1. The Kier molecular flexibility index (Phi) is 6.71. The van der Waals surface area contributed by atoms with Crippen molar-refractivity contribution < 1.29 is 14.3 Å². The smallest absolute Gasteiger partial charge is 0.243 e. The molecule has 2 rings (SSSR count). The standard InChI is InChI=1S/C20H22N4O3S/c1-5-27-16-9-7-6-8-15(16)23-17(25)12(2)28-19-14(11-22)20(3,4)13(10-21)18(26)24-19/h6-9,12-13H,5H2,1-4H3,(H,23,25)(H,24,26)/t12-,13-/m1/s1. The Morgan fingerprint density at radius 2 is 2.07 bits per heavy atom. The predicted molar refractivity (Wildman–Crippen MR) is 107 cm³/mol. The highest BCUT2D eigenvalue weighted by Gasteiger charge is 2.45. The zero-order chi connectivity index (χ0) is 20.9. The van der Waals surface area contributed by atoms with Crippen molar-refractivity contribution in [3.63, 3.8) is 0 Å². The molecular weight excluding hydrogens is 376 g/mol. The molecule has 146 valence electrons. The zero-order valence-electron chi connectivity index (χ0n) is 16.2. The van der Waals surface area contributed by atoms with Crippen molar-refractivity contribution >= 4 is 29.3 Å². The summed E-state index contributed by atoms with van der Waals surface area (Å²) < 4.78 is 5.51. The SMILES string of the molecule is CCOc1ccccc1NC(=O)[C@@H](C)SC1=C(C#N)C(C)(C)[C@H](C#N)C(=O)N1. The van der Waals surface area contributed by atoms with E-state index in [0.717, 1.165) is 11.8 Å². The van der Waals surface area contributed by atoms with Crippen molar-refractivity contribution in [2.75, 3.05) is 11.9 Å². The molecule has 1 aliphatic rings. The molecule has 0 spiro atoms. The number of para-hydroxylation sites is 2. The minimum absolute atomic E-state index is 0.290. The fourth-order valence-corrected chi connectivity index (χ4v) is 3.94. The van der Waals surface area contributed by atoms with E-state index in [1.54, 1.807) is 39.0 Å². The first kappa shape index (κ1) is 21.3. The number of nitrogens with zero attached hydrogens (tertiary/aromatic N) is 2. The Labute approximate surface area is 168 Å². The Balaban J connectivity index is 2.22. The van der Waals surface area contributed by atoms with Gasteiger partial charge in [-0.3, -0.25) is 9.59 Å². The van der Waals surface area contributed by atoms with Crippen LogP contribution in [0.5, 0.6) is 5.75 Å². The third-order valence-electron chi connectivity index (χ3n) is 4.44. The maximum atomic E-state index is 12.6. The number of ether oxygens (including phenoxy) is 1. The van der Waals surface area contributed by atoms with Crippen LogP contribution >= 0.6 is 11.8 Å². The predicted octanol–water partition coefficient (Wildman–Crippen LogP) is 3.18. The van der Waals surface area contributed by atoms with E-state index in [2.05, 4.69) is 16.7 Å². The van der Waals surface area contributed by atoms with E-state index >= 15 is 0 Å². The van der Waals surface area contributed by atoms with Crippen molar-refractivity contribution in [1.82, 2.24) is 5.32 Å². The van der Waals surface area contributed by atoms with Gasteiger partial charge in [0.15, 0.2) is 0 Å². The lowest BCUT2D eigenvalue weighted by molar-refractivity contribution is -0.125. The number of nitrogens with one attached hydrogen (secondary N) is 2. The second-order valence-corrected chi connectivity index (χ2v) is 8.12. The number of hydrogen-bond acceptors (Lipinski definition) is 6. The summed E-state index contributed by atoms with van der Waals surface area (Å²) in [6.07, 6.45) is 0. The molecule has 1 aromatic rings. The minimum atomic E-state index is -0.964. The number of nitriles is 2. The lowest BCUT2D eigenvalue weighted by Gasteiger charge is -2.35. The van der Waals surface area contributed by atoms with Gasteiger partial charge in [-0.25, -0.2) is 0 Å². The topological polar surface area (TPSA) is 115 Å². The quantitative estimate of drug-likeness (QED) is 0.760. The molecule has 0 unspecified atom stereocenters. The second kappa shape index (κ2) is 8.81. The van der Waals surface area contributed by atoms with Gasteiger partial charge in [0.1, 0.15) is 11.7 Å². The summed E-state index contributed by atoms with van der Waals surface area (Å²) in [7, 11) is 0. The normalized spacial score (nSPS) is 19.1. The molecule has 0 saturated heterocycles. The molecule has 7 nitrogen and oxygen atoms in total. The van der Waals surface area contributed by atoms with Crippen LogP contribution < -0.4 is 15.4 Å². The van der Waals surface area contributed by atoms with Gasteiger partial charge in [0.25, 0.3) is 0 Å². The summed E-state index contributed by atoms with van der Waals surface area (Å²) in [5.74, 6) is -1.16. The molecule has 2 amide bonds. The van der Waals surface area contributed by atoms with Crippen LogP contribution in [-0.2, 0) is 9.59 Å². The minimum Gasteiger partial charge on any atom is -0.492 e. The Bertz CT molecular complexity index is 895. The van der Waals surface area contributed by atoms with Crippen molar-refractivity contribution in [1.29, 1.82) is 10.5 Å². The molecule has 2 atom stereocenters. The van der Waals surface area contributed by atoms with Crippen LogP contribution in [0.25, 0.3) is 0 Å². The first-order chi connectivity index (χ1) is 13.3. The first-order valence-corrected chi connectivity index (χ1v) is 9.68. The summed E-state index contributed by atoms with van der Waals surface area (Å²) in [5, 5.41) is 24.0. The van der Waals surface area contributed by atoms with Gasteiger partial charge in [-0.2, -0.15) is 10.5 Å². The summed E-state index contributed by atoms with van der Waals surface area (Å²) >= 11 is 1.08. The molecule has 28 heavy (non-hydrogen) atoms. The number of amides is 2. The molecule has 0 saturated carbocycles. The van der Waals surface area contributed by atoms with E-state index in [1.807, 2.05) is 19.1 Å². The zero-order valence-corrected chi connectivity index (χ0v) is 17.0. The molecule has 0 aromatic heterocycles. The lowest BCUT2D eigenvalue weighted by Crippen LogP contribution is -2.45. The number of carbonyl (C=O) groups excluding carboxylic acids is 2. The van der Waals surface area contributed by atoms with E-state index in [9.17, 15) is 20.1 Å². The maximum Gasteiger partial charge on any atom is 0.243 e. The number of benzene rings is 1. The summed E-state index contributed by atoms with van der Waals surface area (Å²) in [6.45, 7) is 7.37. The number of carbonyl (C=O) groups is 2. The molecule has 0 fully saturated rings. The van der Waals surface area contributed by atoms with Crippen LogP contribution in [-0.4, -0.2) is 23.7 Å². The lowest BCUT2D eigenvalue weighted by atomic mass is 9.72. The fourth-order valence-electron chi connectivity index (χ4n) is 2.83. The van der Waals surface area contributed by atoms with Crippen molar-refractivity contribution in [3.8, 4) is 17.9 Å². The Morgan fingerprint density at radius 1 is 1.39 bits per heavy atom. The van der Waals surface area contributed by atoms with Gasteiger partial charge in [-0.15, -0.1) is 0 Å². The molecule has 1 heterocycles. The molecule has 0 radical (unpaired) electrons. The van der Waals surface area contributed by atoms with Crippen LogP contribution in [0.2, 0.25) is 0 Å². The van der Waals surface area contributed by atoms with Gasteiger partial charge in [0.2, 0.25) is 11.8 Å². The van der Waals surface area contributed by atoms with Gasteiger partial charge in [-0.05, 0) is 26.0 Å². The van der Waals surface area contributed by atoms with Crippen molar-refractivity contribution in [2.45, 2.75) is 32.9 Å². The summed E-state index contributed by atoms with van der Waals surface area (Å²) in [5.41, 5.74) is -0.0989. The third-order valence-corrected chi connectivity index (χ3v) is 5.55. The van der Waals surface area contributed by atoms with Crippen molar-refractivity contribution in [3.05, 3.63) is 34.9 Å². The van der Waals surface area contributed by atoms with E-state index in [-0.39, 0.29) is 11.5 Å². The molecule has 1 aromatic carbocycles. The molecule has 0 aliphatic carbocycles. The third kappa shape index (κ3) is 4.29. The highest BCUT2D eigenvalue weighted by Crippen LogP contribution is 2.42. The first-order valence-electron chi connectivity index (χ1n) is 8.80. The highest BCUT2D eigenvalue weighted by molar-refractivity contribution is 8.04. The van der Waals surface area contributed by atoms with Crippen LogP contribution in [0.3, 0.4) is 0 Å². The monoisotopic (exact) mass is 398 g/mol. The van der Waals surface area contributed by atoms with Gasteiger partial charge in [0, 0.05) is 5.41 Å². The van der Waals surface area contributed by atoms with E-state index in [1.165, 1.54) is 0 Å². The van der Waals surface area contributed by atoms with Crippen LogP contribution in [0.1, 0.15) is 27.7 Å². The Morgan fingerprint density at radius 3 is 2.68 bits per heavy atom. The Hall–Kier alpha value is -2.97. The molecule has 1 aliphatic heterocycles. The number of hydrogen-bond donors (Lipinski definition) is 2. The summed E-state index contributed by atoms with van der Waals surface area (Å²) in [4.78, 5) is 24.9. The van der Waals surface area contributed by atoms with E-state index in [4.69, 9.17) is 4.74 Å². The van der Waals surface area contributed by atoms with Gasteiger partial charge < -0.3 is 15.4 Å². The van der Waals surface area contributed by atoms with E-state index < -0.39 is 22.5 Å². The van der Waals surface area contributed by atoms with Crippen LogP contribution in [0.15, 0.2) is 34.9 Å². The van der Waals surface area contributed by atoms with Crippen LogP contribution in [0, 0.1) is 34.0 Å². The molecular formula is C20H22N4O3S. The van der Waals surface area contributed by atoms with Gasteiger partial charge in [0.05, 0.1) is 40.3 Å². The molecule has 2 N–H and O–H groups in total. The van der Waals surface area contributed by atoms with Gasteiger partial charge >= 0.3 is 0 Å². The second-order valence-electron chi connectivity index (χ2n) is 6.77. The number of rotatable bonds is 6.